The fourth-order valence-electron chi connectivity index (χ4n) is 2.05. The highest BCUT2D eigenvalue weighted by Crippen LogP contribution is 2.21. The minimum Gasteiger partial charge on any atom is -0.335 e. The first-order valence-electron chi connectivity index (χ1n) is 7.38. The van der Waals surface area contributed by atoms with Gasteiger partial charge in [-0.25, -0.2) is 13.2 Å². The average Bonchev–Trinajstić information content (AvgIpc) is 3.33. The van der Waals surface area contributed by atoms with E-state index >= 15 is 0 Å². The van der Waals surface area contributed by atoms with Gasteiger partial charge >= 0.3 is 6.03 Å². The number of urea groups is 1. The maximum Gasteiger partial charge on any atom is 0.319 e. The summed E-state index contributed by atoms with van der Waals surface area (Å²) in [6, 6.07) is 12.4. The zero-order chi connectivity index (χ0) is 17.2. The van der Waals surface area contributed by atoms with Gasteiger partial charge in [0, 0.05) is 22.4 Å². The minimum absolute atomic E-state index is 0.0843. The van der Waals surface area contributed by atoms with Crippen LogP contribution in [0.1, 0.15) is 12.8 Å². The van der Waals surface area contributed by atoms with Crippen molar-refractivity contribution in [2.24, 2.45) is 0 Å². The van der Waals surface area contributed by atoms with Crippen molar-refractivity contribution in [1.82, 2.24) is 5.32 Å². The number of carbonyl (C=O) groups is 1. The minimum atomic E-state index is -3.71. The Hall–Kier alpha value is -2.25. The van der Waals surface area contributed by atoms with E-state index in [1.807, 2.05) is 0 Å². The summed E-state index contributed by atoms with van der Waals surface area (Å²) in [6.45, 7) is 0. The summed E-state index contributed by atoms with van der Waals surface area (Å²) >= 11 is 5.83. The van der Waals surface area contributed by atoms with Crippen molar-refractivity contribution >= 4 is 39.0 Å². The molecule has 0 aliphatic heterocycles. The molecule has 1 saturated carbocycles. The van der Waals surface area contributed by atoms with E-state index in [1.165, 1.54) is 12.1 Å². The molecule has 0 heterocycles. The van der Waals surface area contributed by atoms with Crippen LogP contribution < -0.4 is 15.4 Å². The second-order valence-corrected chi connectivity index (χ2v) is 7.63. The van der Waals surface area contributed by atoms with Crippen LogP contribution in [-0.4, -0.2) is 20.5 Å². The van der Waals surface area contributed by atoms with Crippen LogP contribution in [0.5, 0.6) is 0 Å². The predicted molar refractivity (Wildman–Crippen MR) is 93.9 cm³/mol. The molecule has 0 bridgehead atoms. The summed E-state index contributed by atoms with van der Waals surface area (Å²) in [4.78, 5) is 11.7. The van der Waals surface area contributed by atoms with Gasteiger partial charge in [-0.3, -0.25) is 4.72 Å². The van der Waals surface area contributed by atoms with Crippen LogP contribution in [-0.2, 0) is 10.0 Å². The van der Waals surface area contributed by atoms with Crippen LogP contribution in [0.4, 0.5) is 16.2 Å². The number of halogens is 1. The smallest absolute Gasteiger partial charge is 0.319 e. The van der Waals surface area contributed by atoms with Gasteiger partial charge in [0.25, 0.3) is 10.0 Å². The summed E-state index contributed by atoms with van der Waals surface area (Å²) in [6.07, 6.45) is 2.02. The van der Waals surface area contributed by atoms with Gasteiger partial charge < -0.3 is 10.6 Å². The Balaban J connectivity index is 1.65. The second kappa shape index (κ2) is 6.70. The second-order valence-electron chi connectivity index (χ2n) is 5.51. The van der Waals surface area contributed by atoms with Gasteiger partial charge in [0.05, 0.1) is 4.90 Å². The van der Waals surface area contributed by atoms with Gasteiger partial charge in [0.1, 0.15) is 0 Å². The number of anilines is 2. The molecule has 0 unspecified atom stereocenters. The van der Waals surface area contributed by atoms with E-state index in [2.05, 4.69) is 15.4 Å². The van der Waals surface area contributed by atoms with Crippen molar-refractivity contribution in [3.8, 4) is 0 Å². The third kappa shape index (κ3) is 4.39. The molecule has 2 aromatic rings. The lowest BCUT2D eigenvalue weighted by Gasteiger charge is -2.10. The molecule has 2 aromatic carbocycles. The fourth-order valence-corrected chi connectivity index (χ4v) is 3.41. The molecule has 2 amide bonds. The molecule has 1 aliphatic carbocycles. The van der Waals surface area contributed by atoms with Crippen molar-refractivity contribution in [3.63, 3.8) is 0 Å². The molecule has 3 rings (SSSR count). The Labute approximate surface area is 145 Å². The van der Waals surface area contributed by atoms with Crippen molar-refractivity contribution < 1.29 is 13.2 Å². The first-order chi connectivity index (χ1) is 11.4. The molecular weight excluding hydrogens is 350 g/mol. The monoisotopic (exact) mass is 365 g/mol. The molecule has 6 nitrogen and oxygen atoms in total. The van der Waals surface area contributed by atoms with Crippen molar-refractivity contribution in [2.75, 3.05) is 10.0 Å². The van der Waals surface area contributed by atoms with Crippen LogP contribution in [0.25, 0.3) is 0 Å². The molecule has 126 valence electrons. The van der Waals surface area contributed by atoms with Gasteiger partial charge in [0.15, 0.2) is 0 Å². The molecule has 8 heteroatoms. The molecule has 0 saturated heterocycles. The van der Waals surface area contributed by atoms with Crippen LogP contribution in [0.3, 0.4) is 0 Å². The number of sulfonamides is 1. The van der Waals surface area contributed by atoms with E-state index in [-0.39, 0.29) is 17.0 Å². The van der Waals surface area contributed by atoms with E-state index in [9.17, 15) is 13.2 Å². The Morgan fingerprint density at radius 2 is 1.71 bits per heavy atom. The van der Waals surface area contributed by atoms with E-state index in [4.69, 9.17) is 11.6 Å². The highest BCUT2D eigenvalue weighted by molar-refractivity contribution is 7.92. The first kappa shape index (κ1) is 16.6. The number of hydrogen-bond donors (Lipinski definition) is 3. The predicted octanol–water partition coefficient (Wildman–Crippen LogP) is 3.42. The normalized spacial score (nSPS) is 14.0. The zero-order valence-electron chi connectivity index (χ0n) is 12.6. The molecular formula is C16H16ClN3O3S. The van der Waals surface area contributed by atoms with Crippen molar-refractivity contribution in [2.45, 2.75) is 23.8 Å². The topological polar surface area (TPSA) is 87.3 Å². The largest absolute Gasteiger partial charge is 0.335 e. The van der Waals surface area contributed by atoms with Crippen LogP contribution in [0, 0.1) is 0 Å². The molecule has 3 N–H and O–H groups in total. The number of nitrogens with one attached hydrogen (secondary N) is 3. The van der Waals surface area contributed by atoms with Crippen LogP contribution in [0.15, 0.2) is 53.4 Å². The van der Waals surface area contributed by atoms with Crippen LogP contribution >= 0.6 is 11.6 Å². The van der Waals surface area contributed by atoms with Crippen LogP contribution in [0.2, 0.25) is 5.02 Å². The van der Waals surface area contributed by atoms with Crippen molar-refractivity contribution in [3.05, 3.63) is 53.6 Å². The summed E-state index contributed by atoms with van der Waals surface area (Å²) in [5.74, 6) is 0. The standard InChI is InChI=1S/C16H16ClN3O3S/c17-11-2-1-3-15(10-11)24(22,23)20-14-8-6-13(7-9-14)19-16(21)18-12-4-5-12/h1-3,6-10,12,20H,4-5H2,(H2,18,19,21). The number of rotatable bonds is 5. The summed E-state index contributed by atoms with van der Waals surface area (Å²) in [5.41, 5.74) is 0.974. The average molecular weight is 366 g/mol. The SMILES string of the molecule is O=C(Nc1ccc(NS(=O)(=O)c2cccc(Cl)c2)cc1)NC1CC1. The fraction of sp³-hybridized carbons (Fsp3) is 0.188. The molecule has 0 atom stereocenters. The molecule has 0 radical (unpaired) electrons. The van der Waals surface area contributed by atoms with E-state index in [1.54, 1.807) is 36.4 Å². The third-order valence-electron chi connectivity index (χ3n) is 3.41. The molecule has 1 fully saturated rings. The maximum absolute atomic E-state index is 12.3. The number of amides is 2. The quantitative estimate of drug-likeness (QED) is 0.758. The highest BCUT2D eigenvalue weighted by atomic mass is 35.5. The lowest BCUT2D eigenvalue weighted by molar-refractivity contribution is 0.251. The lowest BCUT2D eigenvalue weighted by atomic mass is 10.3. The Kier molecular flexibility index (Phi) is 4.64. The van der Waals surface area contributed by atoms with E-state index < -0.39 is 10.0 Å². The van der Waals surface area contributed by atoms with Crippen molar-refractivity contribution in [1.29, 1.82) is 0 Å². The summed E-state index contributed by atoms with van der Waals surface area (Å²) in [5, 5.41) is 5.85. The first-order valence-corrected chi connectivity index (χ1v) is 9.24. The van der Waals surface area contributed by atoms with Gasteiger partial charge in [0.2, 0.25) is 0 Å². The summed E-state index contributed by atoms with van der Waals surface area (Å²) < 4.78 is 27.1. The van der Waals surface area contributed by atoms with E-state index in [0.29, 0.717) is 16.4 Å². The molecule has 24 heavy (non-hydrogen) atoms. The summed E-state index contributed by atoms with van der Waals surface area (Å²) in [7, 11) is -3.71. The Morgan fingerprint density at radius 1 is 1.04 bits per heavy atom. The highest BCUT2D eigenvalue weighted by Gasteiger charge is 2.23. The molecule has 1 aliphatic rings. The lowest BCUT2D eigenvalue weighted by Crippen LogP contribution is -2.30. The molecule has 0 aromatic heterocycles. The maximum atomic E-state index is 12.3. The van der Waals surface area contributed by atoms with Gasteiger partial charge in [-0.15, -0.1) is 0 Å². The van der Waals surface area contributed by atoms with Gasteiger partial charge in [-0.1, -0.05) is 17.7 Å². The molecule has 0 spiro atoms. The Bertz CT molecular complexity index is 849. The zero-order valence-corrected chi connectivity index (χ0v) is 14.2. The number of carbonyl (C=O) groups excluding carboxylic acids is 1. The third-order valence-corrected chi connectivity index (χ3v) is 5.03. The number of benzene rings is 2. The van der Waals surface area contributed by atoms with E-state index in [0.717, 1.165) is 12.8 Å². The van der Waals surface area contributed by atoms with Gasteiger partial charge in [-0.05, 0) is 55.3 Å². The number of hydrogen-bond acceptors (Lipinski definition) is 3. The van der Waals surface area contributed by atoms with Gasteiger partial charge in [-0.2, -0.15) is 0 Å². The Morgan fingerprint density at radius 3 is 2.33 bits per heavy atom.